The zero-order valence-corrected chi connectivity index (χ0v) is 16.2. The van der Waals surface area contributed by atoms with Crippen molar-refractivity contribution in [1.29, 1.82) is 0 Å². The molecule has 1 aliphatic rings. The van der Waals surface area contributed by atoms with E-state index in [4.69, 9.17) is 0 Å². The van der Waals surface area contributed by atoms with Gasteiger partial charge in [0.2, 0.25) is 10.0 Å². The summed E-state index contributed by atoms with van der Waals surface area (Å²) in [7, 11) is -3.53. The summed E-state index contributed by atoms with van der Waals surface area (Å²) in [6.07, 6.45) is 0. The first-order valence-corrected chi connectivity index (χ1v) is 10.2. The van der Waals surface area contributed by atoms with E-state index >= 15 is 0 Å². The smallest absolute Gasteiger partial charge is 0.253 e. The van der Waals surface area contributed by atoms with Gasteiger partial charge in [0.25, 0.3) is 5.91 Å². The molecule has 138 valence electrons. The van der Waals surface area contributed by atoms with E-state index in [-0.39, 0.29) is 5.91 Å². The summed E-state index contributed by atoms with van der Waals surface area (Å²) in [6, 6.07) is 12.7. The molecule has 2 aromatic rings. The molecule has 0 spiro atoms. The third-order valence-corrected chi connectivity index (χ3v) is 6.84. The van der Waals surface area contributed by atoms with Crippen LogP contribution < -0.4 is 0 Å². The fourth-order valence-electron chi connectivity index (χ4n) is 3.03. The Labute approximate surface area is 155 Å². The molecule has 2 aromatic carbocycles. The van der Waals surface area contributed by atoms with E-state index in [9.17, 15) is 13.2 Å². The number of nitrogens with zero attached hydrogens (tertiary/aromatic N) is 2. The molecule has 0 atom stereocenters. The number of benzene rings is 2. The maximum atomic E-state index is 12.9. The van der Waals surface area contributed by atoms with E-state index in [1.807, 2.05) is 51.1 Å². The van der Waals surface area contributed by atoms with E-state index in [1.54, 1.807) is 17.0 Å². The van der Waals surface area contributed by atoms with Crippen LogP contribution in [0.25, 0.3) is 0 Å². The van der Waals surface area contributed by atoms with Crippen molar-refractivity contribution in [2.75, 3.05) is 26.2 Å². The van der Waals surface area contributed by atoms with E-state index < -0.39 is 10.0 Å². The van der Waals surface area contributed by atoms with Crippen molar-refractivity contribution in [1.82, 2.24) is 9.21 Å². The summed E-state index contributed by atoms with van der Waals surface area (Å²) >= 11 is 0. The van der Waals surface area contributed by atoms with Gasteiger partial charge >= 0.3 is 0 Å². The zero-order chi connectivity index (χ0) is 18.9. The summed E-state index contributed by atoms with van der Waals surface area (Å²) in [5.74, 6) is -0.0479. The van der Waals surface area contributed by atoms with E-state index in [0.717, 1.165) is 16.7 Å². The predicted octanol–water partition coefficient (Wildman–Crippen LogP) is 2.76. The van der Waals surface area contributed by atoms with Crippen LogP contribution in [0, 0.1) is 20.8 Å². The number of sulfonamides is 1. The molecular formula is C20H24N2O3S. The third-order valence-electron chi connectivity index (χ3n) is 4.94. The van der Waals surface area contributed by atoms with Crippen molar-refractivity contribution in [2.24, 2.45) is 0 Å². The van der Waals surface area contributed by atoms with Crippen molar-refractivity contribution in [3.05, 3.63) is 64.7 Å². The highest BCUT2D eigenvalue weighted by Crippen LogP contribution is 2.21. The second kappa shape index (κ2) is 7.21. The minimum atomic E-state index is -3.53. The Kier molecular flexibility index (Phi) is 5.16. The van der Waals surface area contributed by atoms with Crippen molar-refractivity contribution in [2.45, 2.75) is 25.7 Å². The molecule has 6 heteroatoms. The lowest BCUT2D eigenvalue weighted by atomic mass is 10.1. The predicted molar refractivity (Wildman–Crippen MR) is 102 cm³/mol. The summed E-state index contributed by atoms with van der Waals surface area (Å²) in [4.78, 5) is 14.6. The van der Waals surface area contributed by atoms with Crippen molar-refractivity contribution < 1.29 is 13.2 Å². The summed E-state index contributed by atoms with van der Waals surface area (Å²) < 4.78 is 27.2. The Morgan fingerprint density at radius 1 is 0.846 bits per heavy atom. The molecule has 1 heterocycles. The Hall–Kier alpha value is -2.18. The van der Waals surface area contributed by atoms with Gasteiger partial charge in [-0.2, -0.15) is 4.31 Å². The minimum absolute atomic E-state index is 0.0479. The number of piperazine rings is 1. The molecule has 0 bridgehead atoms. The Balaban J connectivity index is 1.70. The largest absolute Gasteiger partial charge is 0.336 e. The molecule has 1 saturated heterocycles. The third kappa shape index (κ3) is 3.66. The molecule has 26 heavy (non-hydrogen) atoms. The SMILES string of the molecule is Cc1ccc(C(=O)N2CCN(S(=O)(=O)c3ccc(C)c(C)c3)CC2)cc1. The van der Waals surface area contributed by atoms with Gasteiger partial charge in [0.1, 0.15) is 0 Å². The number of aryl methyl sites for hydroxylation is 3. The van der Waals surface area contributed by atoms with Gasteiger partial charge in [-0.25, -0.2) is 8.42 Å². The van der Waals surface area contributed by atoms with Gasteiger partial charge in [0.15, 0.2) is 0 Å². The van der Waals surface area contributed by atoms with Gasteiger partial charge in [-0.3, -0.25) is 4.79 Å². The van der Waals surface area contributed by atoms with Crippen LogP contribution in [0.3, 0.4) is 0 Å². The lowest BCUT2D eigenvalue weighted by Crippen LogP contribution is -2.50. The number of carbonyl (C=O) groups is 1. The van der Waals surface area contributed by atoms with Crippen LogP contribution >= 0.6 is 0 Å². The Morgan fingerprint density at radius 2 is 1.46 bits per heavy atom. The van der Waals surface area contributed by atoms with E-state index in [1.165, 1.54) is 4.31 Å². The number of rotatable bonds is 3. The first kappa shape index (κ1) is 18.6. The Bertz CT molecular complexity index is 913. The van der Waals surface area contributed by atoms with Crippen LogP contribution in [0.2, 0.25) is 0 Å². The van der Waals surface area contributed by atoms with E-state index in [0.29, 0.717) is 36.6 Å². The molecule has 0 radical (unpaired) electrons. The quantitative estimate of drug-likeness (QED) is 0.832. The molecule has 1 fully saturated rings. The van der Waals surface area contributed by atoms with E-state index in [2.05, 4.69) is 0 Å². The van der Waals surface area contributed by atoms with Crippen LogP contribution in [-0.2, 0) is 10.0 Å². The number of hydrogen-bond donors (Lipinski definition) is 0. The molecule has 0 unspecified atom stereocenters. The van der Waals surface area contributed by atoms with Crippen LogP contribution in [0.1, 0.15) is 27.0 Å². The van der Waals surface area contributed by atoms with Crippen molar-refractivity contribution >= 4 is 15.9 Å². The summed E-state index contributed by atoms with van der Waals surface area (Å²) in [5.41, 5.74) is 3.77. The zero-order valence-electron chi connectivity index (χ0n) is 15.4. The Morgan fingerprint density at radius 3 is 2.04 bits per heavy atom. The molecule has 0 N–H and O–H groups in total. The topological polar surface area (TPSA) is 57.7 Å². The van der Waals surface area contributed by atoms with Crippen LogP contribution in [0.5, 0.6) is 0 Å². The van der Waals surface area contributed by atoms with Gasteiger partial charge in [-0.05, 0) is 56.2 Å². The molecule has 0 saturated carbocycles. The van der Waals surface area contributed by atoms with Crippen LogP contribution in [0.15, 0.2) is 47.4 Å². The van der Waals surface area contributed by atoms with Gasteiger partial charge in [0, 0.05) is 31.7 Å². The minimum Gasteiger partial charge on any atom is -0.336 e. The molecule has 3 rings (SSSR count). The maximum absolute atomic E-state index is 12.9. The first-order chi connectivity index (χ1) is 12.3. The first-order valence-electron chi connectivity index (χ1n) is 8.72. The highest BCUT2D eigenvalue weighted by Gasteiger charge is 2.30. The van der Waals surface area contributed by atoms with Crippen LogP contribution in [-0.4, -0.2) is 49.7 Å². The molecule has 1 aliphatic heterocycles. The molecule has 0 aliphatic carbocycles. The number of hydrogen-bond acceptors (Lipinski definition) is 3. The second-order valence-electron chi connectivity index (χ2n) is 6.81. The second-order valence-corrected chi connectivity index (χ2v) is 8.75. The standard InChI is InChI=1S/C20H24N2O3S/c1-15-4-7-18(8-5-15)20(23)21-10-12-22(13-11-21)26(24,25)19-9-6-16(2)17(3)14-19/h4-9,14H,10-13H2,1-3H3. The lowest BCUT2D eigenvalue weighted by Gasteiger charge is -2.34. The van der Waals surface area contributed by atoms with Gasteiger partial charge in [-0.1, -0.05) is 23.8 Å². The summed E-state index contributed by atoms with van der Waals surface area (Å²) in [6.45, 7) is 7.27. The lowest BCUT2D eigenvalue weighted by molar-refractivity contribution is 0.0698. The maximum Gasteiger partial charge on any atom is 0.253 e. The van der Waals surface area contributed by atoms with Crippen molar-refractivity contribution in [3.63, 3.8) is 0 Å². The van der Waals surface area contributed by atoms with Gasteiger partial charge in [-0.15, -0.1) is 0 Å². The normalized spacial score (nSPS) is 15.9. The highest BCUT2D eigenvalue weighted by atomic mass is 32.2. The molecule has 0 aromatic heterocycles. The molecular weight excluding hydrogens is 348 g/mol. The number of amides is 1. The highest BCUT2D eigenvalue weighted by molar-refractivity contribution is 7.89. The average molecular weight is 372 g/mol. The fraction of sp³-hybridized carbons (Fsp3) is 0.350. The van der Waals surface area contributed by atoms with Crippen molar-refractivity contribution in [3.8, 4) is 0 Å². The molecule has 1 amide bonds. The molecule has 5 nitrogen and oxygen atoms in total. The van der Waals surface area contributed by atoms with Gasteiger partial charge in [0.05, 0.1) is 4.90 Å². The monoisotopic (exact) mass is 372 g/mol. The van der Waals surface area contributed by atoms with Gasteiger partial charge < -0.3 is 4.90 Å². The van der Waals surface area contributed by atoms with Crippen LogP contribution in [0.4, 0.5) is 0 Å². The average Bonchev–Trinajstić information content (AvgIpc) is 2.64. The fourth-order valence-corrected chi connectivity index (χ4v) is 4.54. The number of carbonyl (C=O) groups excluding carboxylic acids is 1. The summed E-state index contributed by atoms with van der Waals surface area (Å²) in [5, 5.41) is 0.